The van der Waals surface area contributed by atoms with E-state index in [2.05, 4.69) is 57.6 Å². The number of β-amino-alcohol motifs (C(OH)–C–C–N with tert-alkyl or cyclic N) is 1. The first-order valence-electron chi connectivity index (χ1n) is 27.5. The molecule has 4 aliphatic rings. The Bertz CT molecular complexity index is 3320. The van der Waals surface area contributed by atoms with Gasteiger partial charge in [0.05, 0.1) is 51.5 Å². The van der Waals surface area contributed by atoms with Gasteiger partial charge in [0, 0.05) is 87.7 Å². The maximum atomic E-state index is 14.2. The lowest BCUT2D eigenvalue weighted by atomic mass is 9.91. The molecule has 21 heteroatoms. The minimum absolute atomic E-state index is 0.00971. The predicted octanol–water partition coefficient (Wildman–Crippen LogP) is 8.44. The fraction of sp³-hybridized carbons (Fsp3) is 0.400. The number of anilines is 3. The van der Waals surface area contributed by atoms with E-state index in [9.17, 15) is 14.7 Å². The number of amides is 2. The summed E-state index contributed by atoms with van der Waals surface area (Å²) in [4.78, 5) is 48.8. The predicted molar refractivity (Wildman–Crippen MR) is 306 cm³/mol. The Morgan fingerprint density at radius 2 is 1.68 bits per heavy atom. The van der Waals surface area contributed by atoms with Crippen LogP contribution < -0.4 is 39.8 Å². The lowest BCUT2D eigenvalue weighted by Crippen LogP contribution is -2.54. The van der Waals surface area contributed by atoms with E-state index in [0.29, 0.717) is 40.3 Å². The van der Waals surface area contributed by atoms with Gasteiger partial charge in [-0.3, -0.25) is 14.6 Å². The molecular formula is C60H67N11O9S. The summed E-state index contributed by atoms with van der Waals surface area (Å²) in [5.74, 6) is 1.24. The lowest BCUT2D eigenvalue weighted by Gasteiger charge is -2.43. The molecule has 6 atom stereocenters. The number of benzene rings is 2. The molecule has 11 rings (SSSR count). The smallest absolute Gasteiger partial charge is 0.254 e. The number of nitrogens with one attached hydrogen (secondary N) is 1. The number of rotatable bonds is 21. The number of carbonyl (C=O) groups excluding carboxylic acids is 2. The molecule has 0 radical (unpaired) electrons. The molecule has 3 unspecified atom stereocenters. The number of pyridine rings is 2. The Morgan fingerprint density at radius 3 is 2.42 bits per heavy atom. The summed E-state index contributed by atoms with van der Waals surface area (Å²) in [6, 6.07) is 26.6. The number of hydrogen-bond donors (Lipinski definition) is 3. The summed E-state index contributed by atoms with van der Waals surface area (Å²) in [6.45, 7) is 9.59. The lowest BCUT2D eigenvalue weighted by molar-refractivity contribution is -0.141. The molecule has 7 aromatic rings. The quantitative estimate of drug-likeness (QED) is 0.0572. The van der Waals surface area contributed by atoms with Crippen LogP contribution >= 0.6 is 11.3 Å². The molecule has 4 N–H and O–H groups in total. The van der Waals surface area contributed by atoms with E-state index in [-0.39, 0.29) is 80.3 Å². The molecule has 2 amide bonds. The Hall–Kier alpha value is -8.14. The normalized spacial score (nSPS) is 21.2. The van der Waals surface area contributed by atoms with Crippen molar-refractivity contribution in [2.45, 2.75) is 108 Å². The zero-order valence-corrected chi connectivity index (χ0v) is 46.8. The van der Waals surface area contributed by atoms with E-state index in [4.69, 9.17) is 33.9 Å². The van der Waals surface area contributed by atoms with Crippen molar-refractivity contribution in [2.75, 3.05) is 55.7 Å². The molecule has 422 valence electrons. The minimum atomic E-state index is -0.851. The molecular weight excluding hydrogens is 1050 g/mol. The number of fused-ring (bicyclic) bond motifs is 2. The number of ether oxygens (including phenoxy) is 5. The van der Waals surface area contributed by atoms with Crippen LogP contribution in [-0.2, 0) is 14.3 Å². The van der Waals surface area contributed by atoms with Crippen molar-refractivity contribution in [3.63, 3.8) is 0 Å². The van der Waals surface area contributed by atoms with E-state index in [0.717, 1.165) is 77.4 Å². The van der Waals surface area contributed by atoms with Crippen molar-refractivity contribution in [3.05, 3.63) is 132 Å². The molecule has 81 heavy (non-hydrogen) atoms. The molecule has 1 aliphatic carbocycles. The molecule has 0 spiro atoms. The second kappa shape index (κ2) is 24.3. The molecule has 5 aromatic heterocycles. The van der Waals surface area contributed by atoms with Gasteiger partial charge in [0.2, 0.25) is 17.7 Å². The van der Waals surface area contributed by atoms with Crippen molar-refractivity contribution in [1.82, 2.24) is 40.5 Å². The fourth-order valence-corrected chi connectivity index (χ4v) is 12.2. The summed E-state index contributed by atoms with van der Waals surface area (Å²) in [7, 11) is 1.59. The number of aromatic nitrogens is 6. The number of likely N-dealkylation sites (tertiary alicyclic amines) is 1. The first-order valence-corrected chi connectivity index (χ1v) is 28.4. The number of aliphatic hydroxyl groups is 1. The summed E-state index contributed by atoms with van der Waals surface area (Å²) < 4.78 is 35.1. The van der Waals surface area contributed by atoms with Crippen LogP contribution in [0.2, 0.25) is 0 Å². The van der Waals surface area contributed by atoms with E-state index >= 15 is 0 Å². The van der Waals surface area contributed by atoms with Crippen molar-refractivity contribution < 1.29 is 42.9 Å². The summed E-state index contributed by atoms with van der Waals surface area (Å²) >= 11 is 1.58. The van der Waals surface area contributed by atoms with Gasteiger partial charge in [0.15, 0.2) is 18.4 Å². The van der Waals surface area contributed by atoms with Crippen molar-refractivity contribution >= 4 is 46.4 Å². The Balaban J connectivity index is 0.623. The number of nitrogen functional groups attached to an aromatic ring is 1. The third-order valence-electron chi connectivity index (χ3n) is 15.5. The van der Waals surface area contributed by atoms with E-state index in [1.54, 1.807) is 30.7 Å². The molecule has 20 nitrogen and oxygen atoms in total. The van der Waals surface area contributed by atoms with Crippen LogP contribution in [0.5, 0.6) is 23.3 Å². The molecule has 3 aliphatic heterocycles. The van der Waals surface area contributed by atoms with Crippen LogP contribution in [0.3, 0.4) is 0 Å². The average molecular weight is 1120 g/mol. The third kappa shape index (κ3) is 12.3. The maximum absolute atomic E-state index is 14.2. The Labute approximate surface area is 474 Å². The van der Waals surface area contributed by atoms with Crippen LogP contribution in [0.15, 0.2) is 113 Å². The molecule has 4 fully saturated rings. The van der Waals surface area contributed by atoms with Crippen molar-refractivity contribution in [3.8, 4) is 45.0 Å². The number of nitrogens with two attached hydrogens (primary N) is 1. The number of aryl methyl sites for hydroxylation is 1. The number of para-hydroxylation sites is 1. The van der Waals surface area contributed by atoms with Crippen LogP contribution in [-0.4, -0.2) is 129 Å². The highest BCUT2D eigenvalue weighted by Crippen LogP contribution is 2.41. The molecule has 8 heterocycles. The summed E-state index contributed by atoms with van der Waals surface area (Å²) in [6.07, 6.45) is 9.99. The van der Waals surface area contributed by atoms with Crippen molar-refractivity contribution in [1.29, 1.82) is 0 Å². The number of aliphatic hydroxyl groups excluding tert-OH is 1. The first-order chi connectivity index (χ1) is 39.3. The van der Waals surface area contributed by atoms with Crippen LogP contribution in [0.25, 0.3) is 27.8 Å². The van der Waals surface area contributed by atoms with Crippen molar-refractivity contribution in [2.24, 2.45) is 5.92 Å². The third-order valence-corrected chi connectivity index (χ3v) is 16.5. The second-order valence-corrected chi connectivity index (χ2v) is 22.3. The minimum Gasteiger partial charge on any atom is -0.489 e. The van der Waals surface area contributed by atoms with Crippen LogP contribution in [0, 0.1) is 12.8 Å². The fourth-order valence-electron chi connectivity index (χ4n) is 11.4. The van der Waals surface area contributed by atoms with Gasteiger partial charge in [-0.25, -0.2) is 9.97 Å². The average Bonchev–Trinajstić information content (AvgIpc) is 4.48. The van der Waals surface area contributed by atoms with E-state index < -0.39 is 18.1 Å². The van der Waals surface area contributed by atoms with E-state index in [1.165, 1.54) is 4.90 Å². The summed E-state index contributed by atoms with van der Waals surface area (Å²) in [5, 5.41) is 26.7. The summed E-state index contributed by atoms with van der Waals surface area (Å²) in [5.41, 5.74) is 15.4. The van der Waals surface area contributed by atoms with E-state index in [1.807, 2.05) is 118 Å². The number of carbonyl (C=O) groups is 2. The Kier molecular flexibility index (Phi) is 16.4. The SMILES string of the molecule is COCOc1ccccc1-c1cc(N2CC3CCC(C2)N3c2ccnc(O[C@H]3C[C@H](Oc4ccc(/C=C/COc5cc(C(C(=O)N6C[C@H](O)C[C@H]6C(=O)N[C@@H](C)c6ccc(-c7scnc7C)cc6)C(C)C)on5)nc4)C3)c2)c(N)nn1. The van der Waals surface area contributed by atoms with Gasteiger partial charge in [-0.1, -0.05) is 50.2 Å². The number of methoxy groups -OCH3 is 1. The molecule has 3 saturated heterocycles. The standard InChI is InChI=1S/C60H67N11O9S/c1-35(2)56(60(74)70-32-44(72)24-51(70)59(73)65-36(3)38-12-14-39(15-13-38)57-37(4)64-33-81-57)53-28-55(68-80-53)76-22-8-9-40-16-19-45(29-63-40)78-46-25-47(26-46)79-54-23-41(20-21-62-54)71-42-17-18-43(71)31-69(30-42)50-27-49(66-67-58(50)61)48-10-6-7-11-52(48)77-34-75-5/h6-16,19-21,23,27-29,33,35-36,42-44,46-47,51,56,72H,17-18,22,24-26,30-32,34H2,1-5H3,(H2,61,67)(H,65,73)/b9-8+/t36-,42?,43?,44+,46-,47-,51-,56?/m0/s1. The maximum Gasteiger partial charge on any atom is 0.254 e. The highest BCUT2D eigenvalue weighted by Gasteiger charge is 2.44. The Morgan fingerprint density at radius 1 is 0.889 bits per heavy atom. The van der Waals surface area contributed by atoms with Gasteiger partial charge in [-0.15, -0.1) is 21.5 Å². The number of piperazine rings is 1. The number of nitrogens with zero attached hydrogens (tertiary/aromatic N) is 9. The molecule has 2 aromatic carbocycles. The zero-order valence-electron chi connectivity index (χ0n) is 46.0. The van der Waals surface area contributed by atoms with Gasteiger partial charge in [-0.2, -0.15) is 0 Å². The van der Waals surface area contributed by atoms with Crippen LogP contribution in [0.1, 0.15) is 87.5 Å². The van der Waals surface area contributed by atoms with Gasteiger partial charge >= 0.3 is 0 Å². The van der Waals surface area contributed by atoms with Crippen LogP contribution in [0.4, 0.5) is 17.2 Å². The van der Waals surface area contributed by atoms with Gasteiger partial charge in [-0.05, 0) is 97.4 Å². The number of thiazole rings is 1. The highest BCUT2D eigenvalue weighted by atomic mass is 32.1. The van der Waals surface area contributed by atoms with Gasteiger partial charge in [0.25, 0.3) is 5.88 Å². The monoisotopic (exact) mass is 1120 g/mol. The zero-order chi connectivity index (χ0) is 56.1. The first kappa shape index (κ1) is 54.8. The second-order valence-electron chi connectivity index (χ2n) is 21.5. The van der Waals surface area contributed by atoms with Gasteiger partial charge in [0.1, 0.15) is 42.3 Å². The van der Waals surface area contributed by atoms with Gasteiger partial charge < -0.3 is 59.1 Å². The molecule has 2 bridgehead atoms. The highest BCUT2D eigenvalue weighted by molar-refractivity contribution is 7.13. The number of hydrogen-bond acceptors (Lipinski definition) is 19. The topological polar surface area (TPSA) is 239 Å². The molecule has 1 saturated carbocycles. The largest absolute Gasteiger partial charge is 0.489 e.